The molecule has 18 heavy (non-hydrogen) atoms. The molecular weight excluding hydrogens is 314 g/mol. The predicted octanol–water partition coefficient (Wildman–Crippen LogP) is 3.68. The van der Waals surface area contributed by atoms with E-state index in [9.17, 15) is 4.79 Å². The number of ether oxygens (including phenoxy) is 1. The summed E-state index contributed by atoms with van der Waals surface area (Å²) in [6.45, 7) is 0. The van der Waals surface area contributed by atoms with Crippen molar-refractivity contribution in [2.24, 2.45) is 0 Å². The van der Waals surface area contributed by atoms with Gasteiger partial charge in [-0.2, -0.15) is 0 Å². The molecule has 0 aliphatic heterocycles. The summed E-state index contributed by atoms with van der Waals surface area (Å²) in [5, 5.41) is 2.96. The number of esters is 1. The van der Waals surface area contributed by atoms with Crippen LogP contribution in [0.15, 0.2) is 34.1 Å². The molecule has 0 aliphatic rings. The van der Waals surface area contributed by atoms with Gasteiger partial charge in [-0.15, -0.1) is 11.3 Å². The van der Waals surface area contributed by atoms with E-state index in [-0.39, 0.29) is 5.97 Å². The van der Waals surface area contributed by atoms with Crippen LogP contribution >= 0.6 is 27.3 Å². The fourth-order valence-electron chi connectivity index (χ4n) is 1.48. The number of hydrogen-bond donors (Lipinski definition) is 0. The number of nitrogens with zero attached hydrogens (tertiary/aromatic N) is 1. The van der Waals surface area contributed by atoms with Crippen LogP contribution in [0.25, 0.3) is 10.6 Å². The Bertz CT molecular complexity index is 536. The molecule has 0 spiro atoms. The normalized spacial score (nSPS) is 10.3. The Labute approximate surface area is 118 Å². The van der Waals surface area contributed by atoms with Crippen LogP contribution in [0, 0.1) is 0 Å². The molecule has 94 valence electrons. The number of halogens is 1. The third-order valence-electron chi connectivity index (χ3n) is 2.46. The second-order valence-electron chi connectivity index (χ2n) is 3.73. The van der Waals surface area contributed by atoms with E-state index in [0.29, 0.717) is 12.8 Å². The third kappa shape index (κ3) is 3.40. The summed E-state index contributed by atoms with van der Waals surface area (Å²) in [4.78, 5) is 15.6. The van der Waals surface area contributed by atoms with Crippen molar-refractivity contribution in [1.29, 1.82) is 0 Å². The Morgan fingerprint density at radius 3 is 2.78 bits per heavy atom. The second-order valence-corrected chi connectivity index (χ2v) is 5.50. The van der Waals surface area contributed by atoms with E-state index in [0.717, 1.165) is 20.7 Å². The summed E-state index contributed by atoms with van der Waals surface area (Å²) in [6.07, 6.45) is 1.000. The summed E-state index contributed by atoms with van der Waals surface area (Å²) >= 11 is 4.99. The zero-order chi connectivity index (χ0) is 13.0. The lowest BCUT2D eigenvalue weighted by Gasteiger charge is -1.97. The van der Waals surface area contributed by atoms with E-state index >= 15 is 0 Å². The van der Waals surface area contributed by atoms with E-state index in [1.54, 1.807) is 11.3 Å². The van der Waals surface area contributed by atoms with Crippen LogP contribution in [0.1, 0.15) is 12.1 Å². The molecule has 1 heterocycles. The molecule has 2 rings (SSSR count). The van der Waals surface area contributed by atoms with Crippen LogP contribution in [0.4, 0.5) is 0 Å². The van der Waals surface area contributed by atoms with Gasteiger partial charge in [0.05, 0.1) is 19.2 Å². The molecule has 1 aromatic carbocycles. The van der Waals surface area contributed by atoms with Crippen molar-refractivity contribution in [2.45, 2.75) is 12.8 Å². The average molecular weight is 326 g/mol. The first kappa shape index (κ1) is 13.2. The Morgan fingerprint density at radius 1 is 1.39 bits per heavy atom. The first-order chi connectivity index (χ1) is 8.69. The molecule has 0 radical (unpaired) electrons. The van der Waals surface area contributed by atoms with Gasteiger partial charge in [-0.25, -0.2) is 4.98 Å². The van der Waals surface area contributed by atoms with Gasteiger partial charge in [0, 0.05) is 21.8 Å². The highest BCUT2D eigenvalue weighted by Crippen LogP contribution is 2.25. The number of carbonyl (C=O) groups excluding carboxylic acids is 1. The molecule has 0 amide bonds. The van der Waals surface area contributed by atoms with E-state index < -0.39 is 0 Å². The zero-order valence-electron chi connectivity index (χ0n) is 9.85. The lowest BCUT2D eigenvalue weighted by molar-refractivity contribution is -0.140. The number of aryl methyl sites for hydroxylation is 1. The van der Waals surface area contributed by atoms with Gasteiger partial charge < -0.3 is 4.74 Å². The highest BCUT2D eigenvalue weighted by molar-refractivity contribution is 9.10. The number of aromatic nitrogens is 1. The van der Waals surface area contributed by atoms with E-state index in [2.05, 4.69) is 25.7 Å². The summed E-state index contributed by atoms with van der Waals surface area (Å²) in [5.41, 5.74) is 2.02. The summed E-state index contributed by atoms with van der Waals surface area (Å²) in [5.74, 6) is -0.201. The van der Waals surface area contributed by atoms with Gasteiger partial charge in [-0.05, 0) is 12.1 Å². The van der Waals surface area contributed by atoms with Crippen LogP contribution in [-0.4, -0.2) is 18.1 Å². The number of hydrogen-bond acceptors (Lipinski definition) is 4. The molecule has 0 aliphatic carbocycles. The number of rotatable bonds is 4. The summed E-state index contributed by atoms with van der Waals surface area (Å²) < 4.78 is 5.66. The molecule has 5 heteroatoms. The number of carbonyl (C=O) groups is 1. The molecule has 2 aromatic rings. The summed E-state index contributed by atoms with van der Waals surface area (Å²) in [6, 6.07) is 8.02. The Morgan fingerprint density at radius 2 is 2.11 bits per heavy atom. The van der Waals surface area contributed by atoms with Gasteiger partial charge >= 0.3 is 5.97 Å². The highest BCUT2D eigenvalue weighted by atomic mass is 79.9. The Balaban J connectivity index is 2.06. The lowest BCUT2D eigenvalue weighted by Crippen LogP contribution is -2.01. The van der Waals surface area contributed by atoms with Crippen molar-refractivity contribution in [3.63, 3.8) is 0 Å². The van der Waals surface area contributed by atoms with Crippen molar-refractivity contribution in [2.75, 3.05) is 7.11 Å². The predicted molar refractivity (Wildman–Crippen MR) is 75.6 cm³/mol. The molecule has 0 atom stereocenters. The quantitative estimate of drug-likeness (QED) is 0.805. The van der Waals surface area contributed by atoms with Crippen molar-refractivity contribution in [3.05, 3.63) is 39.8 Å². The molecule has 0 fully saturated rings. The van der Waals surface area contributed by atoms with Crippen LogP contribution in [0.3, 0.4) is 0 Å². The molecular formula is C13H12BrNO2S. The monoisotopic (exact) mass is 325 g/mol. The molecule has 0 N–H and O–H groups in total. The van der Waals surface area contributed by atoms with E-state index in [4.69, 9.17) is 0 Å². The van der Waals surface area contributed by atoms with Crippen molar-refractivity contribution in [3.8, 4) is 10.6 Å². The van der Waals surface area contributed by atoms with Gasteiger partial charge in [0.15, 0.2) is 0 Å². The van der Waals surface area contributed by atoms with Gasteiger partial charge in [0.25, 0.3) is 0 Å². The minimum Gasteiger partial charge on any atom is -0.469 e. The van der Waals surface area contributed by atoms with Crippen molar-refractivity contribution in [1.82, 2.24) is 4.98 Å². The van der Waals surface area contributed by atoms with Gasteiger partial charge in [0.1, 0.15) is 5.01 Å². The zero-order valence-corrected chi connectivity index (χ0v) is 12.3. The smallest absolute Gasteiger partial charge is 0.305 e. The average Bonchev–Trinajstić information content (AvgIpc) is 2.85. The number of methoxy groups -OCH3 is 1. The third-order valence-corrected chi connectivity index (χ3v) is 3.92. The van der Waals surface area contributed by atoms with Crippen LogP contribution < -0.4 is 0 Å². The number of thiazole rings is 1. The van der Waals surface area contributed by atoms with E-state index in [1.807, 2.05) is 29.6 Å². The van der Waals surface area contributed by atoms with Crippen molar-refractivity contribution < 1.29 is 9.53 Å². The second kappa shape index (κ2) is 6.11. The first-order valence-electron chi connectivity index (χ1n) is 5.46. The Kier molecular flexibility index (Phi) is 4.49. The highest BCUT2D eigenvalue weighted by Gasteiger charge is 2.07. The Hall–Kier alpha value is -1.20. The maximum Gasteiger partial charge on any atom is 0.305 e. The molecule has 0 bridgehead atoms. The first-order valence-corrected chi connectivity index (χ1v) is 7.13. The maximum absolute atomic E-state index is 11.0. The maximum atomic E-state index is 11.0. The minimum absolute atomic E-state index is 0.201. The topological polar surface area (TPSA) is 39.2 Å². The van der Waals surface area contributed by atoms with E-state index in [1.165, 1.54) is 7.11 Å². The lowest BCUT2D eigenvalue weighted by atomic mass is 10.2. The van der Waals surface area contributed by atoms with Gasteiger partial charge in [0.2, 0.25) is 0 Å². The number of benzene rings is 1. The SMILES string of the molecule is COC(=O)CCc1csc(-c2ccc(Br)cc2)n1. The molecule has 1 aromatic heterocycles. The van der Waals surface area contributed by atoms with Gasteiger partial charge in [-0.3, -0.25) is 4.79 Å². The minimum atomic E-state index is -0.201. The van der Waals surface area contributed by atoms with Crippen LogP contribution in [0.5, 0.6) is 0 Å². The fraction of sp³-hybridized carbons (Fsp3) is 0.231. The molecule has 3 nitrogen and oxygen atoms in total. The fourth-order valence-corrected chi connectivity index (χ4v) is 2.60. The van der Waals surface area contributed by atoms with Crippen LogP contribution in [0.2, 0.25) is 0 Å². The summed E-state index contributed by atoms with van der Waals surface area (Å²) in [7, 11) is 1.40. The standard InChI is InChI=1S/C13H12BrNO2S/c1-17-12(16)7-6-11-8-18-13(15-11)9-2-4-10(14)5-3-9/h2-5,8H,6-7H2,1H3. The van der Waals surface area contributed by atoms with Crippen molar-refractivity contribution >= 4 is 33.2 Å². The largest absolute Gasteiger partial charge is 0.469 e. The molecule has 0 saturated heterocycles. The van der Waals surface area contributed by atoms with Gasteiger partial charge in [-0.1, -0.05) is 28.1 Å². The van der Waals surface area contributed by atoms with Crippen LogP contribution in [-0.2, 0) is 16.0 Å². The molecule has 0 unspecified atom stereocenters. The molecule has 0 saturated carbocycles.